The number of nitrogens with zero attached hydrogens (tertiary/aromatic N) is 6. The number of benzene rings is 1. The smallest absolute Gasteiger partial charge is 0.410 e. The van der Waals surface area contributed by atoms with Crippen LogP contribution < -0.4 is 10.1 Å². The van der Waals surface area contributed by atoms with Gasteiger partial charge >= 0.3 is 6.09 Å². The number of hydrogen-bond acceptors (Lipinski definition) is 10. The van der Waals surface area contributed by atoms with E-state index in [-0.39, 0.29) is 17.9 Å². The number of anilines is 1. The highest BCUT2D eigenvalue weighted by Crippen LogP contribution is 2.25. The van der Waals surface area contributed by atoms with Crippen molar-refractivity contribution >= 4 is 34.4 Å². The summed E-state index contributed by atoms with van der Waals surface area (Å²) < 4.78 is 11.6. The van der Waals surface area contributed by atoms with Crippen LogP contribution in [0.1, 0.15) is 41.5 Å². The number of hydrogen-bond donors (Lipinski definition) is 1. The average molecular weight is 636 g/mol. The number of likely N-dealkylation sites (N-methyl/N-ethyl adjacent to an activating group) is 1. The summed E-state index contributed by atoms with van der Waals surface area (Å²) in [5, 5.41) is 5.14. The zero-order valence-electron chi connectivity index (χ0n) is 26.3. The predicted molar refractivity (Wildman–Crippen MR) is 173 cm³/mol. The number of nitrogens with one attached hydrogen (secondary N) is 1. The van der Waals surface area contributed by atoms with E-state index in [1.165, 1.54) is 11.3 Å². The van der Waals surface area contributed by atoms with Crippen LogP contribution in [0.15, 0.2) is 48.0 Å². The van der Waals surface area contributed by atoms with Crippen LogP contribution in [0.5, 0.6) is 5.75 Å². The van der Waals surface area contributed by atoms with Gasteiger partial charge in [0.25, 0.3) is 11.8 Å². The fraction of sp³-hybridized carbons (Fsp3) is 0.469. The van der Waals surface area contributed by atoms with Gasteiger partial charge < -0.3 is 24.2 Å². The highest BCUT2D eigenvalue weighted by Gasteiger charge is 2.26. The quantitative estimate of drug-likeness (QED) is 0.394. The lowest BCUT2D eigenvalue weighted by molar-refractivity contribution is 0.0136. The molecule has 2 aromatic heterocycles. The molecule has 0 aliphatic carbocycles. The Labute approximate surface area is 267 Å². The van der Waals surface area contributed by atoms with Crippen LogP contribution in [0.3, 0.4) is 0 Å². The summed E-state index contributed by atoms with van der Waals surface area (Å²) in [7, 11) is 2.04. The first-order valence-corrected chi connectivity index (χ1v) is 16.1. The predicted octanol–water partition coefficient (Wildman–Crippen LogP) is 3.78. The molecule has 0 bridgehead atoms. The number of rotatable bonds is 8. The normalized spacial score (nSPS) is 16.4. The molecule has 2 aliphatic heterocycles. The van der Waals surface area contributed by atoms with E-state index in [1.54, 1.807) is 29.3 Å². The highest BCUT2D eigenvalue weighted by molar-refractivity contribution is 7.14. The van der Waals surface area contributed by atoms with Crippen LogP contribution in [-0.4, -0.2) is 126 Å². The molecule has 0 unspecified atom stereocenters. The molecule has 5 rings (SSSR count). The number of amides is 3. The van der Waals surface area contributed by atoms with E-state index in [4.69, 9.17) is 9.47 Å². The molecule has 45 heavy (non-hydrogen) atoms. The second-order valence-corrected chi connectivity index (χ2v) is 13.1. The van der Waals surface area contributed by atoms with Crippen molar-refractivity contribution in [2.75, 3.05) is 77.9 Å². The third kappa shape index (κ3) is 8.99. The van der Waals surface area contributed by atoms with Crippen molar-refractivity contribution in [1.29, 1.82) is 0 Å². The largest absolute Gasteiger partial charge is 0.492 e. The van der Waals surface area contributed by atoms with E-state index in [2.05, 4.69) is 25.1 Å². The van der Waals surface area contributed by atoms with Gasteiger partial charge in [-0.05, 0) is 58.2 Å². The molecule has 2 aliphatic rings. The van der Waals surface area contributed by atoms with E-state index in [0.717, 1.165) is 18.8 Å². The fourth-order valence-electron chi connectivity index (χ4n) is 5.03. The standard InChI is InChI=1S/C32H41N7O5S/c1-32(2,3)44-31(42)39-15-11-37(12-16-39)17-18-43-25-20-23(19-24(21-25)29(41)38-13-9-36(4)10-14-38)28(40)35-30-34-27(22-45-30)26-7-5-6-8-33-26/h5-8,19-22H,9-18H2,1-4H3,(H,34,35,40). The van der Waals surface area contributed by atoms with Crippen LogP contribution in [0.4, 0.5) is 9.93 Å². The number of pyridine rings is 1. The Hall–Kier alpha value is -4.07. The van der Waals surface area contributed by atoms with Gasteiger partial charge in [-0.25, -0.2) is 9.78 Å². The molecule has 2 saturated heterocycles. The molecule has 0 radical (unpaired) electrons. The van der Waals surface area contributed by atoms with Crippen molar-refractivity contribution in [3.63, 3.8) is 0 Å². The van der Waals surface area contributed by atoms with Crippen LogP contribution in [-0.2, 0) is 4.74 Å². The lowest BCUT2D eigenvalue weighted by Crippen LogP contribution is -2.50. The third-order valence-corrected chi connectivity index (χ3v) is 8.32. The van der Waals surface area contributed by atoms with Crippen molar-refractivity contribution in [2.24, 2.45) is 0 Å². The Morgan fingerprint density at radius 2 is 1.62 bits per heavy atom. The molecular formula is C32H41N7O5S. The van der Waals surface area contributed by atoms with Crippen molar-refractivity contribution < 1.29 is 23.9 Å². The van der Waals surface area contributed by atoms with Crippen LogP contribution in [0.2, 0.25) is 0 Å². The van der Waals surface area contributed by atoms with Gasteiger partial charge in [0.1, 0.15) is 23.7 Å². The van der Waals surface area contributed by atoms with Gasteiger partial charge in [-0.15, -0.1) is 11.3 Å². The van der Waals surface area contributed by atoms with Crippen molar-refractivity contribution in [3.8, 4) is 17.1 Å². The first-order valence-electron chi connectivity index (χ1n) is 15.2. The van der Waals surface area contributed by atoms with Crippen molar-refractivity contribution in [1.82, 2.24) is 29.6 Å². The zero-order chi connectivity index (χ0) is 32.0. The Morgan fingerprint density at radius 1 is 0.911 bits per heavy atom. The maximum absolute atomic E-state index is 13.5. The number of thiazole rings is 1. The van der Waals surface area contributed by atoms with Gasteiger partial charge in [-0.1, -0.05) is 6.07 Å². The first-order chi connectivity index (χ1) is 21.5. The molecular weight excluding hydrogens is 594 g/mol. The molecule has 13 heteroatoms. The molecule has 12 nitrogen and oxygen atoms in total. The van der Waals surface area contributed by atoms with E-state index >= 15 is 0 Å². The Kier molecular flexibility index (Phi) is 10.3. The van der Waals surface area contributed by atoms with Gasteiger partial charge in [-0.3, -0.25) is 24.8 Å². The summed E-state index contributed by atoms with van der Waals surface area (Å²) in [5.41, 5.74) is 1.58. The summed E-state index contributed by atoms with van der Waals surface area (Å²) >= 11 is 1.31. The molecule has 0 saturated carbocycles. The molecule has 0 atom stereocenters. The second kappa shape index (κ2) is 14.4. The third-order valence-electron chi connectivity index (χ3n) is 7.56. The van der Waals surface area contributed by atoms with Gasteiger partial charge in [0, 0.05) is 81.6 Å². The second-order valence-electron chi connectivity index (χ2n) is 12.2. The summed E-state index contributed by atoms with van der Waals surface area (Å²) in [4.78, 5) is 56.1. The maximum Gasteiger partial charge on any atom is 0.410 e. The van der Waals surface area contributed by atoms with E-state index < -0.39 is 5.60 Å². The minimum atomic E-state index is -0.527. The summed E-state index contributed by atoms with van der Waals surface area (Å²) in [6.07, 6.45) is 1.40. The Bertz CT molecular complexity index is 1480. The maximum atomic E-state index is 13.5. The summed E-state index contributed by atoms with van der Waals surface area (Å²) in [6.45, 7) is 11.9. The highest BCUT2D eigenvalue weighted by atomic mass is 32.1. The summed E-state index contributed by atoms with van der Waals surface area (Å²) in [6, 6.07) is 10.6. The van der Waals surface area contributed by atoms with E-state index in [0.29, 0.717) is 80.1 Å². The van der Waals surface area contributed by atoms with Crippen LogP contribution in [0.25, 0.3) is 11.4 Å². The fourth-order valence-corrected chi connectivity index (χ4v) is 5.73. The van der Waals surface area contributed by atoms with Gasteiger partial charge in [0.15, 0.2) is 5.13 Å². The molecule has 0 spiro atoms. The Balaban J connectivity index is 1.24. The molecule has 1 aromatic carbocycles. The number of ether oxygens (including phenoxy) is 2. The molecule has 1 N–H and O–H groups in total. The van der Waals surface area contributed by atoms with Crippen LogP contribution >= 0.6 is 11.3 Å². The van der Waals surface area contributed by atoms with Crippen LogP contribution in [0, 0.1) is 0 Å². The molecule has 240 valence electrons. The van der Waals surface area contributed by atoms with E-state index in [9.17, 15) is 14.4 Å². The number of carbonyl (C=O) groups excluding carboxylic acids is 3. The lowest BCUT2D eigenvalue weighted by atomic mass is 10.1. The van der Waals surface area contributed by atoms with Crippen molar-refractivity contribution in [3.05, 3.63) is 59.1 Å². The topological polar surface area (TPSA) is 120 Å². The Morgan fingerprint density at radius 3 is 2.31 bits per heavy atom. The average Bonchev–Trinajstić information content (AvgIpc) is 3.49. The molecule has 4 heterocycles. The minimum Gasteiger partial charge on any atom is -0.492 e. The minimum absolute atomic E-state index is 0.132. The van der Waals surface area contributed by atoms with Gasteiger partial charge in [0.2, 0.25) is 0 Å². The number of aromatic nitrogens is 2. The van der Waals surface area contributed by atoms with Gasteiger partial charge in [0.05, 0.1) is 5.69 Å². The summed E-state index contributed by atoms with van der Waals surface area (Å²) in [5.74, 6) is -0.0681. The SMILES string of the molecule is CN1CCN(C(=O)c2cc(OCCN3CCN(C(=O)OC(C)(C)C)CC3)cc(C(=O)Nc3nc(-c4ccccn4)cs3)c2)CC1. The first kappa shape index (κ1) is 32.3. The lowest BCUT2D eigenvalue weighted by Gasteiger charge is -2.35. The monoisotopic (exact) mass is 635 g/mol. The molecule has 2 fully saturated rings. The number of carbonyl (C=O) groups is 3. The van der Waals surface area contributed by atoms with E-state index in [1.807, 2.05) is 56.3 Å². The molecule has 3 amide bonds. The number of piperazine rings is 2. The van der Waals surface area contributed by atoms with Crippen molar-refractivity contribution in [2.45, 2.75) is 26.4 Å². The zero-order valence-corrected chi connectivity index (χ0v) is 27.1. The van der Waals surface area contributed by atoms with Gasteiger partial charge in [-0.2, -0.15) is 0 Å². The molecule has 3 aromatic rings.